The number of carbonyl (C=O) groups is 2. The summed E-state index contributed by atoms with van der Waals surface area (Å²) in [6, 6.07) is 6.29. The van der Waals surface area contributed by atoms with Crippen LogP contribution in [0.15, 0.2) is 39.0 Å². The number of esters is 1. The van der Waals surface area contributed by atoms with E-state index in [1.165, 1.54) is 19.2 Å². The number of carbonyl (C=O) groups excluding carboxylic acids is 2. The van der Waals surface area contributed by atoms with Crippen LogP contribution in [0.2, 0.25) is 0 Å². The van der Waals surface area contributed by atoms with Crippen molar-refractivity contribution in [2.45, 2.75) is 76.0 Å². The van der Waals surface area contributed by atoms with Crippen molar-refractivity contribution < 1.29 is 31.2 Å². The van der Waals surface area contributed by atoms with Crippen molar-refractivity contribution >= 4 is 37.5 Å². The Morgan fingerprint density at radius 2 is 1.18 bits per heavy atom. The van der Waals surface area contributed by atoms with Crippen LogP contribution in [0, 0.1) is 13.8 Å². The van der Waals surface area contributed by atoms with Gasteiger partial charge in [-0.2, -0.15) is 4.99 Å². The molecule has 0 saturated heterocycles. The maximum atomic E-state index is 12.0. The first-order valence-corrected chi connectivity index (χ1v) is 16.5. The summed E-state index contributed by atoms with van der Waals surface area (Å²) in [5, 5.41) is 0. The number of aliphatic imine (C=N–C) groups is 1. The molecule has 0 aromatic heterocycles. The van der Waals surface area contributed by atoms with Crippen LogP contribution in [0.3, 0.4) is 0 Å². The first kappa shape index (κ1) is 34.8. The maximum absolute atomic E-state index is 12.0. The van der Waals surface area contributed by atoms with Crippen molar-refractivity contribution in [3.63, 3.8) is 0 Å². The smallest absolute Gasteiger partial charge is 0.338 e. The number of nitrogens with zero attached hydrogens (tertiary/aromatic N) is 1. The topological polar surface area (TPSA) is 176 Å². The van der Waals surface area contributed by atoms with Gasteiger partial charge in [-0.05, 0) is 72.9 Å². The monoisotopic (exact) mass is 595 g/mol. The maximum Gasteiger partial charge on any atom is 0.338 e. The highest BCUT2D eigenvalue weighted by molar-refractivity contribution is 7.91. The molecule has 2 atom stereocenters. The lowest BCUT2D eigenvalue weighted by atomic mass is 9.94. The second kappa shape index (κ2) is 13.9. The fourth-order valence-electron chi connectivity index (χ4n) is 4.01. The van der Waals surface area contributed by atoms with Crippen LogP contribution in [-0.2, 0) is 24.4 Å². The van der Waals surface area contributed by atoms with Gasteiger partial charge in [-0.1, -0.05) is 39.8 Å². The minimum Gasteiger partial charge on any atom is -0.465 e. The van der Waals surface area contributed by atoms with E-state index >= 15 is 0 Å². The van der Waals surface area contributed by atoms with Crippen LogP contribution >= 0.6 is 0 Å². The summed E-state index contributed by atoms with van der Waals surface area (Å²) in [5.74, 6) is -1.33. The van der Waals surface area contributed by atoms with Gasteiger partial charge in [0, 0.05) is 18.1 Å². The molecule has 2 rings (SSSR count). The van der Waals surface area contributed by atoms with E-state index in [0.717, 1.165) is 36.5 Å². The van der Waals surface area contributed by atoms with Gasteiger partial charge in [-0.25, -0.2) is 21.6 Å². The summed E-state index contributed by atoms with van der Waals surface area (Å²) in [4.78, 5) is 27.4. The molecule has 0 radical (unpaired) electrons. The molecule has 0 aliphatic rings. The normalized spacial score (nSPS) is 12.9. The summed E-state index contributed by atoms with van der Waals surface area (Å²) in [7, 11) is -5.55. The summed E-state index contributed by atoms with van der Waals surface area (Å²) in [6.45, 7) is 11.4. The van der Waals surface area contributed by atoms with Gasteiger partial charge in [0.1, 0.15) is 0 Å². The molecule has 1 amide bonds. The molecule has 10 nitrogen and oxygen atoms in total. The highest BCUT2D eigenvalue weighted by Gasteiger charge is 2.23. The number of methoxy groups -OCH3 is 1. The van der Waals surface area contributed by atoms with Gasteiger partial charge in [-0.3, -0.25) is 4.79 Å². The Bertz CT molecular complexity index is 1510. The molecular weight excluding hydrogens is 554 g/mol. The molecule has 0 heterocycles. The van der Waals surface area contributed by atoms with Gasteiger partial charge in [-0.15, -0.1) is 0 Å². The van der Waals surface area contributed by atoms with Crippen molar-refractivity contribution in [2.24, 2.45) is 16.5 Å². The zero-order valence-electron chi connectivity index (χ0n) is 24.7. The van der Waals surface area contributed by atoms with E-state index in [9.17, 15) is 26.4 Å². The Hall–Kier alpha value is -3.25. The number of benzene rings is 2. The lowest BCUT2D eigenvalue weighted by Crippen LogP contribution is -2.24. The zero-order chi connectivity index (χ0) is 31.2. The van der Waals surface area contributed by atoms with E-state index < -0.39 is 31.6 Å². The van der Waals surface area contributed by atoms with E-state index in [0.29, 0.717) is 16.7 Å². The number of hydrogen-bond donors (Lipinski definition) is 2. The third-order valence-electron chi connectivity index (χ3n) is 6.67. The van der Waals surface area contributed by atoms with Crippen molar-refractivity contribution in [2.75, 3.05) is 19.6 Å². The molecule has 0 aliphatic heterocycles. The summed E-state index contributed by atoms with van der Waals surface area (Å²) in [5.41, 5.74) is 13.7. The second-order valence-corrected chi connectivity index (χ2v) is 13.9. The van der Waals surface area contributed by atoms with Gasteiger partial charge in [0.25, 0.3) is 5.91 Å². The fraction of sp³-hybridized carbons (Fsp3) is 0.464. The second-order valence-electron chi connectivity index (χ2n) is 9.91. The van der Waals surface area contributed by atoms with Gasteiger partial charge < -0.3 is 16.2 Å². The Labute approximate surface area is 238 Å². The average molecular weight is 596 g/mol. The number of hydrogen-bond acceptors (Lipinski definition) is 7. The van der Waals surface area contributed by atoms with E-state index in [-0.39, 0.29) is 33.1 Å². The molecule has 2 unspecified atom stereocenters. The van der Waals surface area contributed by atoms with Gasteiger partial charge in [0.15, 0.2) is 25.6 Å². The summed E-state index contributed by atoms with van der Waals surface area (Å²) < 4.78 is 52.4. The van der Waals surface area contributed by atoms with E-state index in [4.69, 9.17) is 11.5 Å². The average Bonchev–Trinajstić information content (AvgIpc) is 2.85. The third-order valence-corrected chi connectivity index (χ3v) is 8.97. The molecule has 0 bridgehead atoms. The third kappa shape index (κ3) is 8.88. The Kier molecular flexibility index (Phi) is 12.1. The van der Waals surface area contributed by atoms with E-state index in [1.807, 2.05) is 27.7 Å². The number of rotatable bonds is 8. The Morgan fingerprint density at radius 1 is 0.800 bits per heavy atom. The SMILES string of the molecule is CCC(C)c1cc(C)c(C(=O)N=C(N)N)cc1S(C)(=O)=O.CCC(C)c1cc(C)c(C(=O)OC)cc1S(C)(=O)=O. The first-order valence-electron chi connectivity index (χ1n) is 12.7. The molecule has 0 aliphatic carbocycles. The Balaban J connectivity index is 0.000000402. The van der Waals surface area contributed by atoms with Crippen LogP contribution in [0.4, 0.5) is 0 Å². The van der Waals surface area contributed by atoms with E-state index in [1.54, 1.807) is 26.0 Å². The predicted molar refractivity (Wildman–Crippen MR) is 157 cm³/mol. The molecule has 2 aromatic carbocycles. The van der Waals surface area contributed by atoms with Crippen LogP contribution in [0.25, 0.3) is 0 Å². The molecule has 12 heteroatoms. The molecule has 0 spiro atoms. The number of guanidine groups is 1. The number of ether oxygens (including phenoxy) is 1. The van der Waals surface area contributed by atoms with Gasteiger partial charge >= 0.3 is 5.97 Å². The van der Waals surface area contributed by atoms with Crippen LogP contribution in [0.1, 0.15) is 95.3 Å². The molecule has 2 aromatic rings. The standard InChI is InChI=1S/C14H21N3O3S.C14H20O4S/c1-5-8(2)10-6-9(3)11(13(18)17-14(15)16)7-12(10)21(4,19)20;1-6-9(2)11-7-10(3)12(14(15)18-4)8-13(11)19(5,16)17/h6-8H,5H2,1-4H3,(H4,15,16,17,18);7-9H,6H2,1-5H3. The van der Waals surface area contributed by atoms with Crippen LogP contribution in [-0.4, -0.2) is 54.3 Å². The van der Waals surface area contributed by atoms with Gasteiger partial charge in [0.2, 0.25) is 0 Å². The molecule has 0 saturated carbocycles. The quantitative estimate of drug-likeness (QED) is 0.259. The molecule has 222 valence electrons. The first-order chi connectivity index (χ1) is 18.3. The lowest BCUT2D eigenvalue weighted by molar-refractivity contribution is 0.0599. The van der Waals surface area contributed by atoms with Gasteiger partial charge in [0.05, 0.1) is 22.5 Å². The summed E-state index contributed by atoms with van der Waals surface area (Å²) in [6.07, 6.45) is 3.91. The van der Waals surface area contributed by atoms with Crippen molar-refractivity contribution in [1.82, 2.24) is 0 Å². The van der Waals surface area contributed by atoms with Crippen LogP contribution in [0.5, 0.6) is 0 Å². The number of amides is 1. The van der Waals surface area contributed by atoms with Crippen molar-refractivity contribution in [3.8, 4) is 0 Å². The highest BCUT2D eigenvalue weighted by atomic mass is 32.2. The van der Waals surface area contributed by atoms with Crippen molar-refractivity contribution in [3.05, 3.63) is 57.6 Å². The van der Waals surface area contributed by atoms with E-state index in [2.05, 4.69) is 9.73 Å². The molecule has 0 fully saturated rings. The molecule has 40 heavy (non-hydrogen) atoms. The number of nitrogens with two attached hydrogens (primary N) is 2. The minimum atomic E-state index is -3.45. The minimum absolute atomic E-state index is 0.0701. The predicted octanol–water partition coefficient (Wildman–Crippen LogP) is 4.02. The fourth-order valence-corrected chi connectivity index (χ4v) is 6.05. The lowest BCUT2D eigenvalue weighted by Gasteiger charge is -2.16. The van der Waals surface area contributed by atoms with Crippen molar-refractivity contribution in [1.29, 1.82) is 0 Å². The number of aryl methyl sites for hydroxylation is 2. The zero-order valence-corrected chi connectivity index (χ0v) is 26.3. The molecule has 4 N–H and O–H groups in total. The highest BCUT2D eigenvalue weighted by Crippen LogP contribution is 2.31. The molecular formula is C28H41N3O7S2. The number of sulfone groups is 2. The Morgan fingerprint density at radius 3 is 1.50 bits per heavy atom. The van der Waals surface area contributed by atoms with Crippen LogP contribution < -0.4 is 11.5 Å². The summed E-state index contributed by atoms with van der Waals surface area (Å²) >= 11 is 0. The largest absolute Gasteiger partial charge is 0.465 e.